The lowest BCUT2D eigenvalue weighted by molar-refractivity contribution is 0.283. The number of hydrogen-bond acceptors (Lipinski definition) is 6. The lowest BCUT2D eigenvalue weighted by Gasteiger charge is -2.22. The summed E-state index contributed by atoms with van der Waals surface area (Å²) in [4.78, 5) is 12.9. The van der Waals surface area contributed by atoms with E-state index in [0.717, 1.165) is 31.3 Å². The summed E-state index contributed by atoms with van der Waals surface area (Å²) in [6, 6.07) is 0. The van der Waals surface area contributed by atoms with Crippen molar-refractivity contribution in [1.82, 2.24) is 4.57 Å². The number of nitrogens with zero attached hydrogens (tertiary/aromatic N) is 1. The third-order valence-electron chi connectivity index (χ3n) is 5.80. The fraction of sp³-hybridized carbons (Fsp3) is 0.500. The van der Waals surface area contributed by atoms with Gasteiger partial charge in [-0.3, -0.25) is 9.36 Å². The molecule has 3 aliphatic rings. The Kier molecular flexibility index (Phi) is 5.97. The second kappa shape index (κ2) is 8.51. The van der Waals surface area contributed by atoms with Crippen molar-refractivity contribution in [3.8, 4) is 5.88 Å². The third kappa shape index (κ3) is 4.16. The maximum atomic E-state index is 14.7. The minimum Gasteiger partial charge on any atom is -0.475 e. The fourth-order valence-corrected chi connectivity index (χ4v) is 4.87. The molecular weight excluding hydrogens is 405 g/mol. The zero-order valence-electron chi connectivity index (χ0n) is 17.4. The molecule has 0 amide bonds. The highest BCUT2D eigenvalue weighted by molar-refractivity contribution is 8.02. The molecule has 0 unspecified atom stereocenters. The molecule has 1 saturated carbocycles. The maximum absolute atomic E-state index is 14.7. The molecule has 1 aromatic heterocycles. The Morgan fingerprint density at radius 1 is 1.30 bits per heavy atom. The monoisotopic (exact) mass is 433 g/mol. The highest BCUT2D eigenvalue weighted by Gasteiger charge is 2.43. The Morgan fingerprint density at radius 3 is 2.83 bits per heavy atom. The highest BCUT2D eigenvalue weighted by atomic mass is 32.2. The van der Waals surface area contributed by atoms with Gasteiger partial charge in [-0.05, 0) is 64.0 Å². The topological polar surface area (TPSA) is 75.5 Å². The minimum absolute atomic E-state index is 0.0912. The SMILES string of the molecule is CC1=CCC=C(Nc2c(NSC3(CCCO)CC3)c3n(c(=O)c2C)CCO3)C(F)=C1. The number of hydrogen-bond donors (Lipinski definition) is 3. The molecule has 162 valence electrons. The van der Waals surface area contributed by atoms with Gasteiger partial charge in [0.25, 0.3) is 5.56 Å². The number of halogens is 1. The van der Waals surface area contributed by atoms with Crippen LogP contribution in [0.2, 0.25) is 0 Å². The van der Waals surface area contributed by atoms with E-state index < -0.39 is 0 Å². The number of pyridine rings is 1. The molecule has 0 spiro atoms. The molecule has 30 heavy (non-hydrogen) atoms. The summed E-state index contributed by atoms with van der Waals surface area (Å²) in [6.07, 6.45) is 9.69. The Morgan fingerprint density at radius 2 is 2.10 bits per heavy atom. The van der Waals surface area contributed by atoms with E-state index in [1.807, 2.05) is 13.0 Å². The standard InChI is InChI=1S/C22H28FN3O3S/c1-14-5-3-6-17(16(23)13-14)24-18-15(2)20(28)26-10-12-29-21(26)19(18)25-30-22(8-9-22)7-4-11-27/h5-6,13,24-25,27H,3-4,7-12H2,1-2H3. The maximum Gasteiger partial charge on any atom is 0.258 e. The number of fused-ring (bicyclic) bond motifs is 1. The predicted molar refractivity (Wildman–Crippen MR) is 120 cm³/mol. The van der Waals surface area contributed by atoms with E-state index in [1.165, 1.54) is 6.08 Å². The molecule has 2 aliphatic carbocycles. The zero-order valence-corrected chi connectivity index (χ0v) is 18.2. The molecule has 3 N–H and O–H groups in total. The van der Waals surface area contributed by atoms with Gasteiger partial charge in [-0.15, -0.1) is 0 Å². The van der Waals surface area contributed by atoms with Crippen LogP contribution in [0.25, 0.3) is 0 Å². The van der Waals surface area contributed by atoms with Gasteiger partial charge >= 0.3 is 0 Å². The van der Waals surface area contributed by atoms with E-state index in [0.29, 0.717) is 48.1 Å². The van der Waals surface area contributed by atoms with Crippen LogP contribution >= 0.6 is 11.9 Å². The van der Waals surface area contributed by atoms with Crippen LogP contribution in [-0.4, -0.2) is 27.6 Å². The molecule has 1 aromatic rings. The van der Waals surface area contributed by atoms with Crippen LogP contribution in [0.3, 0.4) is 0 Å². The van der Waals surface area contributed by atoms with Crippen LogP contribution in [0.1, 0.15) is 44.6 Å². The molecule has 0 saturated heterocycles. The van der Waals surface area contributed by atoms with Crippen molar-refractivity contribution in [3.05, 3.63) is 51.2 Å². The van der Waals surface area contributed by atoms with Crippen LogP contribution in [0.15, 0.2) is 40.1 Å². The summed E-state index contributed by atoms with van der Waals surface area (Å²) in [5, 5.41) is 12.4. The first-order valence-electron chi connectivity index (χ1n) is 10.4. The summed E-state index contributed by atoms with van der Waals surface area (Å²) in [6.45, 7) is 4.74. The lowest BCUT2D eigenvalue weighted by Crippen LogP contribution is -2.23. The number of rotatable bonds is 8. The summed E-state index contributed by atoms with van der Waals surface area (Å²) in [7, 11) is 0. The van der Waals surface area contributed by atoms with Gasteiger partial charge in [-0.25, -0.2) is 4.39 Å². The summed E-state index contributed by atoms with van der Waals surface area (Å²) in [5.41, 5.74) is 2.83. The van der Waals surface area contributed by atoms with Gasteiger partial charge in [-0.1, -0.05) is 17.7 Å². The third-order valence-corrected chi connectivity index (χ3v) is 7.16. The first-order chi connectivity index (χ1) is 14.4. The molecule has 0 aromatic carbocycles. The van der Waals surface area contributed by atoms with Crippen LogP contribution in [0.5, 0.6) is 5.88 Å². The highest BCUT2D eigenvalue weighted by Crippen LogP contribution is 2.53. The molecule has 8 heteroatoms. The van der Waals surface area contributed by atoms with Crippen LogP contribution in [-0.2, 0) is 6.54 Å². The first-order valence-corrected chi connectivity index (χ1v) is 11.2. The lowest BCUT2D eigenvalue weighted by atomic mass is 10.2. The van der Waals surface area contributed by atoms with Crippen LogP contribution in [0.4, 0.5) is 15.8 Å². The van der Waals surface area contributed by atoms with Gasteiger partial charge in [0.15, 0.2) is 0 Å². The number of aromatic nitrogens is 1. The molecule has 1 fully saturated rings. The zero-order chi connectivity index (χ0) is 21.3. The van der Waals surface area contributed by atoms with E-state index in [2.05, 4.69) is 10.0 Å². The normalized spacial score (nSPS) is 19.1. The van der Waals surface area contributed by atoms with Gasteiger partial charge in [0.1, 0.15) is 18.1 Å². The average molecular weight is 434 g/mol. The van der Waals surface area contributed by atoms with Crippen LogP contribution < -0.4 is 20.3 Å². The Labute approximate surface area is 180 Å². The van der Waals surface area contributed by atoms with Crippen molar-refractivity contribution in [2.75, 3.05) is 23.3 Å². The van der Waals surface area contributed by atoms with Crippen molar-refractivity contribution in [3.63, 3.8) is 0 Å². The Hall–Kier alpha value is -2.19. The molecule has 4 rings (SSSR count). The second-order valence-electron chi connectivity index (χ2n) is 8.12. The summed E-state index contributed by atoms with van der Waals surface area (Å²) in [5.74, 6) is 0.133. The number of anilines is 2. The molecule has 1 aliphatic heterocycles. The van der Waals surface area contributed by atoms with E-state index in [4.69, 9.17) is 4.74 Å². The second-order valence-corrected chi connectivity index (χ2v) is 9.39. The average Bonchev–Trinajstić information content (AvgIpc) is 3.36. The van der Waals surface area contributed by atoms with Crippen LogP contribution in [0, 0.1) is 6.92 Å². The van der Waals surface area contributed by atoms with Crippen molar-refractivity contribution >= 4 is 23.3 Å². The van der Waals surface area contributed by atoms with Gasteiger partial charge in [0.05, 0.1) is 17.9 Å². The molecular formula is C22H28FN3O3S. The van der Waals surface area contributed by atoms with E-state index in [9.17, 15) is 14.3 Å². The van der Waals surface area contributed by atoms with Crippen molar-refractivity contribution in [2.24, 2.45) is 0 Å². The number of allylic oxidation sites excluding steroid dienone is 5. The van der Waals surface area contributed by atoms with Gasteiger partial charge in [-0.2, -0.15) is 0 Å². The number of aliphatic hydroxyl groups excluding tert-OH is 1. The van der Waals surface area contributed by atoms with Crippen molar-refractivity contribution in [2.45, 2.75) is 57.2 Å². The fourth-order valence-electron chi connectivity index (χ4n) is 3.81. The van der Waals surface area contributed by atoms with E-state index in [1.54, 1.807) is 29.5 Å². The molecule has 0 bridgehead atoms. The molecule has 0 radical (unpaired) electrons. The van der Waals surface area contributed by atoms with E-state index in [-0.39, 0.29) is 22.7 Å². The molecule has 6 nitrogen and oxygen atoms in total. The predicted octanol–water partition coefficient (Wildman–Crippen LogP) is 4.41. The molecule has 2 heterocycles. The number of nitrogens with one attached hydrogen (secondary N) is 2. The summed E-state index contributed by atoms with van der Waals surface area (Å²) >= 11 is 1.61. The quantitative estimate of drug-likeness (QED) is 0.527. The Bertz CT molecular complexity index is 992. The first kappa shape index (κ1) is 21.1. The van der Waals surface area contributed by atoms with Gasteiger partial charge in [0, 0.05) is 16.9 Å². The summed E-state index contributed by atoms with van der Waals surface area (Å²) < 4.78 is 25.7. The van der Waals surface area contributed by atoms with E-state index >= 15 is 0 Å². The largest absolute Gasteiger partial charge is 0.475 e. The van der Waals surface area contributed by atoms with Gasteiger partial charge in [0.2, 0.25) is 5.88 Å². The number of ether oxygens (including phenoxy) is 1. The minimum atomic E-state index is -0.359. The smallest absolute Gasteiger partial charge is 0.258 e. The number of aliphatic hydroxyl groups is 1. The van der Waals surface area contributed by atoms with Gasteiger partial charge < -0.3 is 19.9 Å². The van der Waals surface area contributed by atoms with Crippen molar-refractivity contribution < 1.29 is 14.2 Å². The Balaban J connectivity index is 1.67. The van der Waals surface area contributed by atoms with Crippen molar-refractivity contribution in [1.29, 1.82) is 0 Å². The molecule has 0 atom stereocenters.